The highest BCUT2D eigenvalue weighted by Gasteiger charge is 2.34. The summed E-state index contributed by atoms with van der Waals surface area (Å²) in [6.45, 7) is 3.03. The summed E-state index contributed by atoms with van der Waals surface area (Å²) in [6.07, 6.45) is -4.51. The molecule has 0 aromatic heterocycles. The number of hydrogen-bond donors (Lipinski definition) is 1. The van der Waals surface area contributed by atoms with E-state index in [4.69, 9.17) is 9.73 Å². The summed E-state index contributed by atoms with van der Waals surface area (Å²) in [4.78, 5) is 21.1. The first kappa shape index (κ1) is 23.7. The van der Waals surface area contributed by atoms with Crippen molar-refractivity contribution in [1.82, 2.24) is 9.80 Å². The Kier molecular flexibility index (Phi) is 6.03. The number of para-hydroxylation sites is 2. The molecule has 2 aliphatic heterocycles. The number of rotatable bonds is 1. The Balaban J connectivity index is 1.41. The van der Waals surface area contributed by atoms with Gasteiger partial charge < -0.3 is 19.9 Å². The molecule has 3 aromatic rings. The van der Waals surface area contributed by atoms with Crippen molar-refractivity contribution in [1.29, 1.82) is 0 Å². The Morgan fingerprint density at radius 2 is 1.78 bits per heavy atom. The fourth-order valence-corrected chi connectivity index (χ4v) is 4.34. The third-order valence-corrected chi connectivity index (χ3v) is 6.16. The SMILES string of the molecule is C[C@@H]1CN(C2=Nc3ccc(C(F)(F)F)cc3Oc3ccccc32)CCN1C(=O)Nc1ccccc1F. The lowest BCUT2D eigenvalue weighted by atomic mass is 10.1. The van der Waals surface area contributed by atoms with Gasteiger partial charge in [0.25, 0.3) is 0 Å². The van der Waals surface area contributed by atoms with Crippen LogP contribution in [0.3, 0.4) is 0 Å². The highest BCUT2D eigenvalue weighted by Crippen LogP contribution is 2.42. The summed E-state index contributed by atoms with van der Waals surface area (Å²) in [5.74, 6) is 0.434. The number of amidine groups is 1. The zero-order valence-corrected chi connectivity index (χ0v) is 19.2. The fraction of sp³-hybridized carbons (Fsp3) is 0.231. The van der Waals surface area contributed by atoms with Gasteiger partial charge >= 0.3 is 12.2 Å². The molecule has 2 aliphatic rings. The zero-order chi connectivity index (χ0) is 25.4. The van der Waals surface area contributed by atoms with Crippen LogP contribution in [-0.4, -0.2) is 47.3 Å². The number of carbonyl (C=O) groups excluding carboxylic acids is 1. The van der Waals surface area contributed by atoms with Crippen molar-refractivity contribution < 1.29 is 27.1 Å². The molecule has 0 unspecified atom stereocenters. The molecule has 2 heterocycles. The van der Waals surface area contributed by atoms with Gasteiger partial charge in [-0.05, 0) is 49.4 Å². The molecule has 0 radical (unpaired) electrons. The summed E-state index contributed by atoms with van der Waals surface area (Å²) in [7, 11) is 0. The molecule has 1 fully saturated rings. The molecule has 36 heavy (non-hydrogen) atoms. The number of nitrogens with one attached hydrogen (secondary N) is 1. The molecule has 0 spiro atoms. The van der Waals surface area contributed by atoms with Gasteiger partial charge in [0.2, 0.25) is 0 Å². The van der Waals surface area contributed by atoms with E-state index < -0.39 is 23.6 Å². The first-order chi connectivity index (χ1) is 17.2. The fourth-order valence-electron chi connectivity index (χ4n) is 4.34. The molecule has 2 amide bonds. The maximum atomic E-state index is 14.0. The zero-order valence-electron chi connectivity index (χ0n) is 19.2. The van der Waals surface area contributed by atoms with E-state index in [9.17, 15) is 22.4 Å². The lowest BCUT2D eigenvalue weighted by molar-refractivity contribution is -0.137. The number of nitrogens with zero attached hydrogens (tertiary/aromatic N) is 3. The van der Waals surface area contributed by atoms with Gasteiger partial charge in [-0.15, -0.1) is 0 Å². The monoisotopic (exact) mass is 498 g/mol. The molecule has 1 saturated heterocycles. The smallest absolute Gasteiger partial charge is 0.416 e. The van der Waals surface area contributed by atoms with Crippen molar-refractivity contribution in [2.75, 3.05) is 25.0 Å². The summed E-state index contributed by atoms with van der Waals surface area (Å²) in [5, 5.41) is 2.61. The predicted octanol–water partition coefficient (Wildman–Crippen LogP) is 6.27. The number of benzene rings is 3. The Hall–Kier alpha value is -4.08. The Morgan fingerprint density at radius 3 is 2.53 bits per heavy atom. The molecule has 186 valence electrons. The predicted molar refractivity (Wildman–Crippen MR) is 127 cm³/mol. The third-order valence-electron chi connectivity index (χ3n) is 6.16. The molecule has 5 rings (SSSR count). The maximum absolute atomic E-state index is 14.0. The number of carbonyl (C=O) groups is 1. The van der Waals surface area contributed by atoms with Gasteiger partial charge in [0.15, 0.2) is 5.75 Å². The number of hydrogen-bond acceptors (Lipinski definition) is 4. The van der Waals surface area contributed by atoms with E-state index in [1.54, 1.807) is 41.3 Å². The van der Waals surface area contributed by atoms with E-state index in [0.29, 0.717) is 36.8 Å². The molecular weight excluding hydrogens is 476 g/mol. The van der Waals surface area contributed by atoms with E-state index in [0.717, 1.165) is 12.1 Å². The third kappa shape index (κ3) is 4.58. The van der Waals surface area contributed by atoms with E-state index >= 15 is 0 Å². The summed E-state index contributed by atoms with van der Waals surface area (Å²) in [6, 6.07) is 15.5. The van der Waals surface area contributed by atoms with Gasteiger partial charge in [0.1, 0.15) is 23.1 Å². The molecule has 0 saturated carbocycles. The number of amides is 2. The van der Waals surface area contributed by atoms with E-state index in [-0.39, 0.29) is 23.2 Å². The highest BCUT2D eigenvalue weighted by molar-refractivity contribution is 6.04. The first-order valence-corrected chi connectivity index (χ1v) is 11.3. The van der Waals surface area contributed by atoms with Gasteiger partial charge in [-0.2, -0.15) is 13.2 Å². The second-order valence-electron chi connectivity index (χ2n) is 8.61. The minimum absolute atomic E-state index is 0.0169. The van der Waals surface area contributed by atoms with Crippen molar-refractivity contribution in [3.63, 3.8) is 0 Å². The molecule has 6 nitrogen and oxygen atoms in total. The van der Waals surface area contributed by atoms with Crippen LogP contribution in [0, 0.1) is 5.82 Å². The summed E-state index contributed by atoms with van der Waals surface area (Å²) in [5.41, 5.74) is 0.201. The van der Waals surface area contributed by atoms with E-state index in [1.165, 1.54) is 18.2 Å². The van der Waals surface area contributed by atoms with Crippen molar-refractivity contribution >= 4 is 23.2 Å². The van der Waals surface area contributed by atoms with Crippen LogP contribution in [0.5, 0.6) is 11.5 Å². The van der Waals surface area contributed by atoms with Gasteiger partial charge in [-0.25, -0.2) is 14.2 Å². The van der Waals surface area contributed by atoms with Crippen LogP contribution in [0.4, 0.5) is 33.7 Å². The molecule has 3 aromatic carbocycles. The number of aliphatic imine (C=N–C) groups is 1. The van der Waals surface area contributed by atoms with Gasteiger partial charge in [-0.3, -0.25) is 0 Å². The number of piperazine rings is 1. The largest absolute Gasteiger partial charge is 0.454 e. The molecule has 0 aliphatic carbocycles. The minimum atomic E-state index is -4.51. The van der Waals surface area contributed by atoms with E-state index in [2.05, 4.69) is 5.32 Å². The van der Waals surface area contributed by atoms with Crippen molar-refractivity contribution in [2.24, 2.45) is 4.99 Å². The average molecular weight is 498 g/mol. The molecule has 0 bridgehead atoms. The van der Waals surface area contributed by atoms with Crippen LogP contribution in [0.2, 0.25) is 0 Å². The van der Waals surface area contributed by atoms with Crippen LogP contribution < -0.4 is 10.1 Å². The Bertz CT molecular complexity index is 1340. The number of alkyl halides is 3. The van der Waals surface area contributed by atoms with Crippen LogP contribution in [-0.2, 0) is 6.18 Å². The topological polar surface area (TPSA) is 57.2 Å². The average Bonchev–Trinajstić information content (AvgIpc) is 3.01. The number of fused-ring (bicyclic) bond motifs is 2. The molecular formula is C26H22F4N4O2. The van der Waals surface area contributed by atoms with Gasteiger partial charge in [0, 0.05) is 25.7 Å². The summed E-state index contributed by atoms with van der Waals surface area (Å²) >= 11 is 0. The van der Waals surface area contributed by atoms with Crippen LogP contribution in [0.15, 0.2) is 71.7 Å². The standard InChI is InChI=1S/C26H22F4N4O2/c1-16-15-33(12-13-34(16)25(35)32-20-8-4-3-7-19(20)27)24-18-6-2-5-9-22(18)36-23-14-17(26(28,29)30)10-11-21(23)31-24/h2-11,14,16H,12-13,15H2,1H3,(H,32,35)/t16-/m1/s1. The Morgan fingerprint density at radius 1 is 1.03 bits per heavy atom. The number of urea groups is 1. The van der Waals surface area contributed by atoms with Gasteiger partial charge in [-0.1, -0.05) is 24.3 Å². The van der Waals surface area contributed by atoms with Gasteiger partial charge in [0.05, 0.1) is 16.8 Å². The first-order valence-electron chi connectivity index (χ1n) is 11.3. The van der Waals surface area contributed by atoms with Crippen molar-refractivity contribution in [2.45, 2.75) is 19.1 Å². The number of ether oxygens (including phenoxy) is 1. The molecule has 1 atom stereocenters. The number of halogens is 4. The molecule has 1 N–H and O–H groups in total. The normalized spacial score (nSPS) is 17.4. The van der Waals surface area contributed by atoms with Crippen LogP contribution in [0.25, 0.3) is 0 Å². The second kappa shape index (κ2) is 9.18. The van der Waals surface area contributed by atoms with Crippen molar-refractivity contribution in [3.8, 4) is 11.5 Å². The Labute approximate surface area is 204 Å². The summed E-state index contributed by atoms with van der Waals surface area (Å²) < 4.78 is 59.7. The second-order valence-corrected chi connectivity index (χ2v) is 8.61. The lowest BCUT2D eigenvalue weighted by Gasteiger charge is -2.41. The highest BCUT2D eigenvalue weighted by atomic mass is 19.4. The van der Waals surface area contributed by atoms with Crippen LogP contribution in [0.1, 0.15) is 18.1 Å². The van der Waals surface area contributed by atoms with E-state index in [1.807, 2.05) is 11.8 Å². The maximum Gasteiger partial charge on any atom is 0.416 e. The quantitative estimate of drug-likeness (QED) is 0.403. The molecule has 10 heteroatoms. The lowest BCUT2D eigenvalue weighted by Crippen LogP contribution is -2.56. The number of anilines is 1. The minimum Gasteiger partial charge on any atom is -0.454 e. The van der Waals surface area contributed by atoms with Crippen molar-refractivity contribution in [3.05, 3.63) is 83.7 Å². The van der Waals surface area contributed by atoms with Crippen LogP contribution >= 0.6 is 0 Å².